The average Bonchev–Trinajstić information content (AvgIpc) is 3.09. The minimum absolute atomic E-state index is 0.0197. The molecule has 2 aromatic carbocycles. The molecule has 2 aliphatic rings. The number of carbonyl (C=O) groups excluding carboxylic acids is 2. The van der Waals surface area contributed by atoms with Crippen molar-refractivity contribution in [2.24, 2.45) is 0 Å². The number of anilines is 2. The number of hydrogen-bond donors (Lipinski definition) is 1. The molecule has 1 atom stereocenters. The normalized spacial score (nSPS) is 18.9. The first-order chi connectivity index (χ1) is 16.6. The van der Waals surface area contributed by atoms with Gasteiger partial charge in [0.2, 0.25) is 5.91 Å². The second-order valence-electron chi connectivity index (χ2n) is 8.29. The van der Waals surface area contributed by atoms with Crippen LogP contribution in [0.2, 0.25) is 0 Å². The van der Waals surface area contributed by atoms with Crippen LogP contribution in [0.5, 0.6) is 5.75 Å². The van der Waals surface area contributed by atoms with Crippen molar-refractivity contribution in [2.45, 2.75) is 18.9 Å². The fourth-order valence-corrected chi connectivity index (χ4v) is 4.67. The summed E-state index contributed by atoms with van der Waals surface area (Å²) in [6.07, 6.45) is 0.860. The number of nitrogens with zero attached hydrogens (tertiary/aromatic N) is 3. The highest BCUT2D eigenvalue weighted by Gasteiger charge is 2.43. The standard InChI is InChI=1S/C25H30N4O4S/c1-32-21-10-8-19(9-11-21)26-23(30)18-22-24(31)29(20-6-3-2-4-7-20)25(34)28(22)13-5-12-27-14-16-33-17-15-27/h2-4,6-11,22H,5,12-18H2,1H3,(H,26,30)/t22-/m0/s1. The minimum Gasteiger partial charge on any atom is -0.497 e. The second-order valence-corrected chi connectivity index (χ2v) is 8.65. The van der Waals surface area contributed by atoms with Crippen molar-refractivity contribution in [3.63, 3.8) is 0 Å². The van der Waals surface area contributed by atoms with Gasteiger partial charge in [0, 0.05) is 31.9 Å². The Bertz CT molecular complexity index is 996. The predicted octanol–water partition coefficient (Wildman–Crippen LogP) is 2.75. The number of nitrogens with one attached hydrogen (secondary N) is 1. The highest BCUT2D eigenvalue weighted by atomic mass is 32.1. The summed E-state index contributed by atoms with van der Waals surface area (Å²) in [6, 6.07) is 15.8. The molecule has 9 heteroatoms. The van der Waals surface area contributed by atoms with Gasteiger partial charge in [-0.05, 0) is 55.0 Å². The third-order valence-corrected chi connectivity index (χ3v) is 6.48. The van der Waals surface area contributed by atoms with Crippen LogP contribution < -0.4 is 15.0 Å². The Balaban J connectivity index is 1.45. The lowest BCUT2D eigenvalue weighted by atomic mass is 10.1. The van der Waals surface area contributed by atoms with Gasteiger partial charge in [-0.3, -0.25) is 19.4 Å². The topological polar surface area (TPSA) is 74.4 Å². The van der Waals surface area contributed by atoms with Gasteiger partial charge < -0.3 is 19.7 Å². The largest absolute Gasteiger partial charge is 0.497 e. The highest BCUT2D eigenvalue weighted by Crippen LogP contribution is 2.27. The lowest BCUT2D eigenvalue weighted by molar-refractivity contribution is -0.124. The SMILES string of the molecule is COc1ccc(NC(=O)C[C@H]2C(=O)N(c3ccccc3)C(=S)N2CCCN2CCOCC2)cc1. The number of amides is 2. The average molecular weight is 483 g/mol. The number of carbonyl (C=O) groups is 2. The van der Waals surface area contributed by atoms with Gasteiger partial charge in [-0.15, -0.1) is 0 Å². The summed E-state index contributed by atoms with van der Waals surface area (Å²) < 4.78 is 10.6. The lowest BCUT2D eigenvalue weighted by Crippen LogP contribution is -2.41. The maximum Gasteiger partial charge on any atom is 0.256 e. The van der Waals surface area contributed by atoms with E-state index in [9.17, 15) is 9.59 Å². The molecule has 2 amide bonds. The van der Waals surface area contributed by atoms with Crippen LogP contribution in [0, 0.1) is 0 Å². The van der Waals surface area contributed by atoms with E-state index < -0.39 is 6.04 Å². The third-order valence-electron chi connectivity index (χ3n) is 6.06. The third kappa shape index (κ3) is 5.72. The smallest absolute Gasteiger partial charge is 0.256 e. The molecule has 34 heavy (non-hydrogen) atoms. The van der Waals surface area contributed by atoms with Crippen molar-refractivity contribution >= 4 is 40.5 Å². The van der Waals surface area contributed by atoms with Gasteiger partial charge >= 0.3 is 0 Å². The molecule has 2 heterocycles. The summed E-state index contributed by atoms with van der Waals surface area (Å²) in [5.74, 6) is 0.297. The number of rotatable bonds is 9. The molecule has 0 saturated carbocycles. The summed E-state index contributed by atoms with van der Waals surface area (Å²) in [5, 5.41) is 3.33. The number of para-hydroxylation sites is 1. The number of methoxy groups -OCH3 is 1. The Morgan fingerprint density at radius 1 is 1.09 bits per heavy atom. The Hall–Kier alpha value is -3.01. The molecule has 4 rings (SSSR count). The van der Waals surface area contributed by atoms with E-state index in [1.165, 1.54) is 0 Å². The monoisotopic (exact) mass is 482 g/mol. The van der Waals surface area contributed by atoms with Crippen molar-refractivity contribution in [3.05, 3.63) is 54.6 Å². The zero-order valence-corrected chi connectivity index (χ0v) is 20.1. The fourth-order valence-electron chi connectivity index (χ4n) is 4.25. The Morgan fingerprint density at radius 2 is 1.79 bits per heavy atom. The zero-order valence-electron chi connectivity index (χ0n) is 19.3. The van der Waals surface area contributed by atoms with E-state index in [0.717, 1.165) is 39.3 Å². The van der Waals surface area contributed by atoms with E-state index in [0.29, 0.717) is 28.8 Å². The van der Waals surface area contributed by atoms with Crippen LogP contribution in [-0.4, -0.2) is 79.3 Å². The maximum atomic E-state index is 13.4. The first kappa shape index (κ1) is 24.1. The van der Waals surface area contributed by atoms with Crippen LogP contribution in [0.25, 0.3) is 0 Å². The van der Waals surface area contributed by atoms with Gasteiger partial charge in [0.1, 0.15) is 11.8 Å². The molecule has 2 aromatic rings. The van der Waals surface area contributed by atoms with Crippen molar-refractivity contribution in [2.75, 3.05) is 56.7 Å². The molecule has 180 valence electrons. The van der Waals surface area contributed by atoms with Crippen molar-refractivity contribution in [1.29, 1.82) is 0 Å². The van der Waals surface area contributed by atoms with Crippen LogP contribution in [0.15, 0.2) is 54.6 Å². The summed E-state index contributed by atoms with van der Waals surface area (Å²) in [7, 11) is 1.59. The first-order valence-electron chi connectivity index (χ1n) is 11.5. The summed E-state index contributed by atoms with van der Waals surface area (Å²) >= 11 is 5.73. The van der Waals surface area contributed by atoms with Crippen LogP contribution in [0.4, 0.5) is 11.4 Å². The molecule has 2 aliphatic heterocycles. The fraction of sp³-hybridized carbons (Fsp3) is 0.400. The van der Waals surface area contributed by atoms with E-state index >= 15 is 0 Å². The molecule has 2 fully saturated rings. The van der Waals surface area contributed by atoms with Crippen LogP contribution in [0.3, 0.4) is 0 Å². The summed E-state index contributed by atoms with van der Waals surface area (Å²) in [4.78, 5) is 32.1. The van der Waals surface area contributed by atoms with Crippen LogP contribution in [0.1, 0.15) is 12.8 Å². The molecule has 0 spiro atoms. The lowest BCUT2D eigenvalue weighted by Gasteiger charge is -2.28. The van der Waals surface area contributed by atoms with E-state index in [4.69, 9.17) is 21.7 Å². The van der Waals surface area contributed by atoms with Crippen molar-refractivity contribution in [3.8, 4) is 5.75 Å². The van der Waals surface area contributed by atoms with E-state index in [1.807, 2.05) is 35.2 Å². The Morgan fingerprint density at radius 3 is 2.47 bits per heavy atom. The van der Waals surface area contributed by atoms with Gasteiger partial charge in [0.25, 0.3) is 5.91 Å². The summed E-state index contributed by atoms with van der Waals surface area (Å²) in [5.41, 5.74) is 1.37. The molecule has 0 radical (unpaired) electrons. The zero-order chi connectivity index (χ0) is 23.9. The number of morpholine rings is 1. The highest BCUT2D eigenvalue weighted by molar-refractivity contribution is 7.80. The molecule has 2 saturated heterocycles. The molecular weight excluding hydrogens is 452 g/mol. The van der Waals surface area contributed by atoms with E-state index in [2.05, 4.69) is 10.2 Å². The maximum absolute atomic E-state index is 13.4. The summed E-state index contributed by atoms with van der Waals surface area (Å²) in [6.45, 7) is 4.81. The van der Waals surface area contributed by atoms with Crippen molar-refractivity contribution in [1.82, 2.24) is 9.80 Å². The van der Waals surface area contributed by atoms with Gasteiger partial charge in [-0.25, -0.2) is 0 Å². The van der Waals surface area contributed by atoms with Gasteiger partial charge in [-0.1, -0.05) is 18.2 Å². The molecule has 0 bridgehead atoms. The van der Waals surface area contributed by atoms with Crippen LogP contribution >= 0.6 is 12.2 Å². The molecule has 0 aromatic heterocycles. The second kappa shape index (κ2) is 11.4. The quantitative estimate of drug-likeness (QED) is 0.551. The Labute approximate surface area is 205 Å². The molecule has 0 aliphatic carbocycles. The molecule has 8 nitrogen and oxygen atoms in total. The van der Waals surface area contributed by atoms with Crippen molar-refractivity contribution < 1.29 is 19.1 Å². The molecule has 1 N–H and O–H groups in total. The first-order valence-corrected chi connectivity index (χ1v) is 11.9. The van der Waals surface area contributed by atoms with E-state index in [-0.39, 0.29) is 18.2 Å². The van der Waals surface area contributed by atoms with Gasteiger partial charge in [0.15, 0.2) is 5.11 Å². The molecule has 0 unspecified atom stereocenters. The van der Waals surface area contributed by atoms with Gasteiger partial charge in [-0.2, -0.15) is 0 Å². The number of ether oxygens (including phenoxy) is 2. The number of benzene rings is 2. The minimum atomic E-state index is -0.643. The number of hydrogen-bond acceptors (Lipinski definition) is 6. The van der Waals surface area contributed by atoms with E-state index in [1.54, 1.807) is 36.3 Å². The number of thiocarbonyl (C=S) groups is 1. The Kier molecular flexibility index (Phi) is 8.10. The van der Waals surface area contributed by atoms with Crippen LogP contribution in [-0.2, 0) is 14.3 Å². The molecular formula is C25H30N4O4S. The predicted molar refractivity (Wildman–Crippen MR) is 135 cm³/mol. The van der Waals surface area contributed by atoms with Gasteiger partial charge in [0.05, 0.1) is 32.4 Å².